The predicted molar refractivity (Wildman–Crippen MR) is 48.2 cm³/mol. The first-order chi connectivity index (χ1) is 5.77. The van der Waals surface area contributed by atoms with Crippen LogP contribution < -0.4 is 5.43 Å². The maximum Gasteiger partial charge on any atom is 0.303 e. The average molecular weight is 170 g/mol. The summed E-state index contributed by atoms with van der Waals surface area (Å²) in [5.41, 5.74) is 2.77. The Kier molecular flexibility index (Phi) is 6.93. The number of allylic oxidation sites excluding steroid dienone is 1. The lowest BCUT2D eigenvalue weighted by Crippen LogP contribution is -2.07. The monoisotopic (exact) mass is 170 g/mol. The molecule has 4 nitrogen and oxygen atoms in total. The zero-order valence-electron chi connectivity index (χ0n) is 7.16. The van der Waals surface area contributed by atoms with Crippen LogP contribution in [0.2, 0.25) is 0 Å². The van der Waals surface area contributed by atoms with E-state index in [1.165, 1.54) is 0 Å². The summed E-state index contributed by atoms with van der Waals surface area (Å²) in [5, 5.41) is 11.6. The molecule has 12 heavy (non-hydrogen) atoms. The first-order valence-electron chi connectivity index (χ1n) is 3.90. The van der Waals surface area contributed by atoms with Crippen molar-refractivity contribution in [3.05, 3.63) is 12.2 Å². The minimum Gasteiger partial charge on any atom is -0.481 e. The van der Waals surface area contributed by atoms with E-state index in [1.807, 2.05) is 19.1 Å². The van der Waals surface area contributed by atoms with Crippen molar-refractivity contribution in [1.29, 1.82) is 0 Å². The SMILES string of the molecule is C1=CCNN=C1.CCCC(=O)O. The molecule has 0 aromatic heterocycles. The average Bonchev–Trinajstić information content (AvgIpc) is 2.08. The van der Waals surface area contributed by atoms with Crippen molar-refractivity contribution < 1.29 is 9.90 Å². The fraction of sp³-hybridized carbons (Fsp3) is 0.500. The van der Waals surface area contributed by atoms with E-state index in [0.29, 0.717) is 6.42 Å². The lowest BCUT2D eigenvalue weighted by Gasteiger charge is -1.93. The largest absolute Gasteiger partial charge is 0.481 e. The highest BCUT2D eigenvalue weighted by atomic mass is 16.4. The highest BCUT2D eigenvalue weighted by molar-refractivity contribution is 5.71. The third kappa shape index (κ3) is 8.68. The second-order valence-corrected chi connectivity index (χ2v) is 2.21. The van der Waals surface area contributed by atoms with E-state index in [4.69, 9.17) is 5.11 Å². The lowest BCUT2D eigenvalue weighted by atomic mass is 10.4. The van der Waals surface area contributed by atoms with Crippen molar-refractivity contribution in [2.75, 3.05) is 6.54 Å². The molecule has 0 fully saturated rings. The summed E-state index contributed by atoms with van der Waals surface area (Å²) in [6.45, 7) is 2.71. The summed E-state index contributed by atoms with van der Waals surface area (Å²) in [6.07, 6.45) is 6.67. The Morgan fingerprint density at radius 1 is 1.75 bits per heavy atom. The van der Waals surface area contributed by atoms with Gasteiger partial charge in [-0.15, -0.1) is 0 Å². The van der Waals surface area contributed by atoms with E-state index in [-0.39, 0.29) is 0 Å². The zero-order chi connectivity index (χ0) is 9.23. The van der Waals surface area contributed by atoms with Crippen molar-refractivity contribution in [3.63, 3.8) is 0 Å². The van der Waals surface area contributed by atoms with E-state index >= 15 is 0 Å². The first kappa shape index (κ1) is 10.7. The molecule has 0 atom stereocenters. The Labute approximate surface area is 72.0 Å². The second kappa shape index (κ2) is 7.78. The highest BCUT2D eigenvalue weighted by Gasteiger charge is 1.87. The standard InChI is InChI=1S/C4H6N2.C4H8O2/c1-2-4-6-5-3-1;1-2-3-4(5)6/h1-3,6H,4H2;2-3H2,1H3,(H,5,6). The van der Waals surface area contributed by atoms with Gasteiger partial charge in [-0.25, -0.2) is 0 Å². The first-order valence-corrected chi connectivity index (χ1v) is 3.90. The smallest absolute Gasteiger partial charge is 0.303 e. The fourth-order valence-electron chi connectivity index (χ4n) is 0.544. The van der Waals surface area contributed by atoms with Gasteiger partial charge in [-0.05, 0) is 12.5 Å². The summed E-state index contributed by atoms with van der Waals surface area (Å²) >= 11 is 0. The van der Waals surface area contributed by atoms with Gasteiger partial charge in [0.2, 0.25) is 0 Å². The molecular weight excluding hydrogens is 156 g/mol. The van der Waals surface area contributed by atoms with E-state index < -0.39 is 5.97 Å². The Hall–Kier alpha value is -1.32. The number of carboxylic acids is 1. The normalized spacial score (nSPS) is 12.8. The third-order valence-corrected chi connectivity index (χ3v) is 1.06. The van der Waals surface area contributed by atoms with Gasteiger partial charge in [0, 0.05) is 12.6 Å². The van der Waals surface area contributed by atoms with Gasteiger partial charge in [0.15, 0.2) is 0 Å². The van der Waals surface area contributed by atoms with Crippen LogP contribution in [0.15, 0.2) is 17.3 Å². The molecule has 1 aliphatic rings. The number of hydrogen-bond acceptors (Lipinski definition) is 3. The molecule has 0 aliphatic carbocycles. The molecule has 2 N–H and O–H groups in total. The Morgan fingerprint density at radius 3 is 2.58 bits per heavy atom. The van der Waals surface area contributed by atoms with Crippen molar-refractivity contribution in [2.24, 2.45) is 5.10 Å². The summed E-state index contributed by atoms with van der Waals surface area (Å²) in [5.74, 6) is -0.711. The number of nitrogens with zero attached hydrogens (tertiary/aromatic N) is 1. The van der Waals surface area contributed by atoms with Gasteiger partial charge in [0.05, 0.1) is 6.54 Å². The van der Waals surface area contributed by atoms with Gasteiger partial charge >= 0.3 is 5.97 Å². The number of nitrogens with one attached hydrogen (secondary N) is 1. The highest BCUT2D eigenvalue weighted by Crippen LogP contribution is 1.82. The van der Waals surface area contributed by atoms with Crippen LogP contribution in [0.5, 0.6) is 0 Å². The minimum absolute atomic E-state index is 0.292. The van der Waals surface area contributed by atoms with Gasteiger partial charge in [-0.3, -0.25) is 4.79 Å². The van der Waals surface area contributed by atoms with Crippen LogP contribution in [0.4, 0.5) is 0 Å². The van der Waals surface area contributed by atoms with Gasteiger partial charge in [-0.2, -0.15) is 5.10 Å². The van der Waals surface area contributed by atoms with Crippen LogP contribution >= 0.6 is 0 Å². The fourth-order valence-corrected chi connectivity index (χ4v) is 0.544. The predicted octanol–water partition coefficient (Wildman–Crippen LogP) is 1.00. The van der Waals surface area contributed by atoms with E-state index in [2.05, 4.69) is 10.5 Å². The summed E-state index contributed by atoms with van der Waals surface area (Å²) in [6, 6.07) is 0. The number of hydrogen-bond donors (Lipinski definition) is 2. The number of aliphatic carboxylic acids is 1. The molecule has 0 aromatic rings. The van der Waals surface area contributed by atoms with Crippen molar-refractivity contribution in [1.82, 2.24) is 5.43 Å². The maximum absolute atomic E-state index is 9.60. The van der Waals surface area contributed by atoms with Crippen molar-refractivity contribution in [3.8, 4) is 0 Å². The van der Waals surface area contributed by atoms with Gasteiger partial charge < -0.3 is 10.5 Å². The van der Waals surface area contributed by atoms with Crippen LogP contribution in [-0.4, -0.2) is 23.8 Å². The van der Waals surface area contributed by atoms with Gasteiger partial charge in [0.1, 0.15) is 0 Å². The molecule has 1 heterocycles. The quantitative estimate of drug-likeness (QED) is 0.650. The summed E-state index contributed by atoms with van der Waals surface area (Å²) in [4.78, 5) is 9.60. The van der Waals surface area contributed by atoms with E-state index in [9.17, 15) is 4.79 Å². The molecular formula is C8H14N2O2. The lowest BCUT2D eigenvalue weighted by molar-refractivity contribution is -0.137. The zero-order valence-corrected chi connectivity index (χ0v) is 7.16. The molecule has 0 bridgehead atoms. The Bertz CT molecular complexity index is 164. The van der Waals surface area contributed by atoms with Crippen LogP contribution in [0, 0.1) is 0 Å². The van der Waals surface area contributed by atoms with Gasteiger partial charge in [0.25, 0.3) is 0 Å². The molecule has 68 valence electrons. The number of hydrazone groups is 1. The number of rotatable bonds is 2. The van der Waals surface area contributed by atoms with Crippen molar-refractivity contribution >= 4 is 12.2 Å². The van der Waals surface area contributed by atoms with E-state index in [0.717, 1.165) is 13.0 Å². The van der Waals surface area contributed by atoms with Crippen LogP contribution in [-0.2, 0) is 4.79 Å². The molecule has 0 aromatic carbocycles. The second-order valence-electron chi connectivity index (χ2n) is 2.21. The molecule has 0 spiro atoms. The Morgan fingerprint density at radius 2 is 2.50 bits per heavy atom. The maximum atomic E-state index is 9.60. The number of carbonyl (C=O) groups is 1. The van der Waals surface area contributed by atoms with Crippen LogP contribution in [0.3, 0.4) is 0 Å². The molecule has 0 saturated carbocycles. The molecule has 0 saturated heterocycles. The summed E-state index contributed by atoms with van der Waals surface area (Å²) < 4.78 is 0. The molecule has 1 aliphatic heterocycles. The molecule has 0 amide bonds. The summed E-state index contributed by atoms with van der Waals surface area (Å²) in [7, 11) is 0. The third-order valence-electron chi connectivity index (χ3n) is 1.06. The molecule has 0 unspecified atom stereocenters. The molecule has 4 heteroatoms. The minimum atomic E-state index is -0.711. The van der Waals surface area contributed by atoms with Gasteiger partial charge in [-0.1, -0.05) is 13.0 Å². The topological polar surface area (TPSA) is 61.7 Å². The molecule has 0 radical (unpaired) electrons. The van der Waals surface area contributed by atoms with Crippen LogP contribution in [0.1, 0.15) is 19.8 Å². The Balaban J connectivity index is 0.000000202. The van der Waals surface area contributed by atoms with Crippen LogP contribution in [0.25, 0.3) is 0 Å². The van der Waals surface area contributed by atoms with Crippen molar-refractivity contribution in [2.45, 2.75) is 19.8 Å². The van der Waals surface area contributed by atoms with E-state index in [1.54, 1.807) is 6.21 Å². The molecule has 1 rings (SSSR count). The number of carboxylic acid groups (broad SMARTS) is 1.